The van der Waals surface area contributed by atoms with Gasteiger partial charge in [-0.2, -0.15) is 0 Å². The molecular formula is C56H37NS. The van der Waals surface area contributed by atoms with Gasteiger partial charge in [0.15, 0.2) is 0 Å². The van der Waals surface area contributed by atoms with Crippen molar-refractivity contribution in [1.29, 1.82) is 0 Å². The number of hydrogen-bond donors (Lipinski definition) is 0. The number of hydrogen-bond acceptors (Lipinski definition) is 2. The fraction of sp³-hybridized carbons (Fsp3) is 0. The standard InChI is InChI=1S/C56H37NS/c1-3-14-39(15-4-1)47-20-9-10-22-52(47)56-49(40-16-5-2-6-17-40)23-13-24-53(56)57(45-33-35-48-43(36-45)27-26-41-18-7-8-19-46(41)48)44-31-28-38(29-32-44)42-30-34-51-50-21-11-12-25-54(50)58-55(51)37-42/h1-37H. The van der Waals surface area contributed by atoms with E-state index in [-0.39, 0.29) is 0 Å². The van der Waals surface area contributed by atoms with Crippen molar-refractivity contribution in [2.24, 2.45) is 0 Å². The predicted molar refractivity (Wildman–Crippen MR) is 251 cm³/mol. The zero-order valence-electron chi connectivity index (χ0n) is 31.7. The average Bonchev–Trinajstić information content (AvgIpc) is 3.68. The summed E-state index contributed by atoms with van der Waals surface area (Å²) in [6.45, 7) is 0. The van der Waals surface area contributed by atoms with E-state index in [1.165, 1.54) is 86.2 Å². The van der Waals surface area contributed by atoms with Gasteiger partial charge in [0.25, 0.3) is 0 Å². The Morgan fingerprint density at radius 2 is 0.862 bits per heavy atom. The Kier molecular flexibility index (Phi) is 8.42. The van der Waals surface area contributed by atoms with Gasteiger partial charge in [0.1, 0.15) is 0 Å². The van der Waals surface area contributed by atoms with Crippen LogP contribution in [-0.2, 0) is 0 Å². The van der Waals surface area contributed by atoms with Gasteiger partial charge in [0, 0.05) is 37.1 Å². The molecule has 0 aliphatic carbocycles. The van der Waals surface area contributed by atoms with Crippen molar-refractivity contribution >= 4 is 70.1 Å². The van der Waals surface area contributed by atoms with Gasteiger partial charge in [-0.1, -0.05) is 182 Å². The zero-order valence-corrected chi connectivity index (χ0v) is 32.5. The Labute approximate surface area is 342 Å². The molecule has 58 heavy (non-hydrogen) atoms. The van der Waals surface area contributed by atoms with Gasteiger partial charge in [-0.25, -0.2) is 0 Å². The minimum Gasteiger partial charge on any atom is -0.310 e. The Morgan fingerprint density at radius 3 is 1.67 bits per heavy atom. The number of anilines is 3. The van der Waals surface area contributed by atoms with Crippen LogP contribution < -0.4 is 4.90 Å². The van der Waals surface area contributed by atoms with E-state index in [0.717, 1.165) is 17.1 Å². The highest BCUT2D eigenvalue weighted by atomic mass is 32.1. The molecule has 272 valence electrons. The van der Waals surface area contributed by atoms with Crippen LogP contribution in [0.25, 0.3) is 86.2 Å². The van der Waals surface area contributed by atoms with Crippen LogP contribution in [0.2, 0.25) is 0 Å². The molecule has 0 amide bonds. The third-order valence-electron chi connectivity index (χ3n) is 11.5. The molecule has 10 aromatic carbocycles. The molecule has 0 unspecified atom stereocenters. The molecule has 0 aliphatic rings. The molecule has 1 heterocycles. The van der Waals surface area contributed by atoms with Crippen molar-refractivity contribution in [3.8, 4) is 44.5 Å². The maximum atomic E-state index is 2.46. The fourth-order valence-corrected chi connectivity index (χ4v) is 9.86. The van der Waals surface area contributed by atoms with Crippen LogP contribution in [0.15, 0.2) is 224 Å². The first-order valence-corrected chi connectivity index (χ1v) is 20.7. The number of nitrogens with zero attached hydrogens (tertiary/aromatic N) is 1. The monoisotopic (exact) mass is 755 g/mol. The third-order valence-corrected chi connectivity index (χ3v) is 12.6. The van der Waals surface area contributed by atoms with Crippen molar-refractivity contribution < 1.29 is 0 Å². The van der Waals surface area contributed by atoms with Crippen molar-refractivity contribution in [2.45, 2.75) is 0 Å². The first-order valence-electron chi connectivity index (χ1n) is 19.8. The third kappa shape index (κ3) is 5.94. The highest BCUT2D eigenvalue weighted by molar-refractivity contribution is 7.25. The molecule has 0 bridgehead atoms. The molecule has 0 N–H and O–H groups in total. The Hall–Kier alpha value is -7.26. The molecule has 1 aromatic heterocycles. The molecule has 0 saturated heterocycles. The minimum atomic E-state index is 1.09. The number of benzene rings is 10. The predicted octanol–water partition coefficient (Wildman–Crippen LogP) is 16.5. The first kappa shape index (κ1) is 34.0. The lowest BCUT2D eigenvalue weighted by molar-refractivity contribution is 1.29. The van der Waals surface area contributed by atoms with Gasteiger partial charge < -0.3 is 4.90 Å². The molecule has 0 saturated carbocycles. The van der Waals surface area contributed by atoms with E-state index in [4.69, 9.17) is 0 Å². The average molecular weight is 756 g/mol. The molecule has 0 spiro atoms. The minimum absolute atomic E-state index is 1.09. The number of rotatable bonds is 7. The van der Waals surface area contributed by atoms with Crippen molar-refractivity contribution in [2.75, 3.05) is 4.90 Å². The molecule has 2 heteroatoms. The van der Waals surface area contributed by atoms with Crippen molar-refractivity contribution in [3.05, 3.63) is 224 Å². The number of thiophene rings is 1. The first-order chi connectivity index (χ1) is 28.8. The summed E-state index contributed by atoms with van der Waals surface area (Å²) in [6.07, 6.45) is 0. The van der Waals surface area contributed by atoms with Crippen molar-refractivity contribution in [3.63, 3.8) is 0 Å². The lowest BCUT2D eigenvalue weighted by atomic mass is 9.87. The second-order valence-electron chi connectivity index (χ2n) is 14.9. The van der Waals surface area contributed by atoms with Crippen LogP contribution in [0.3, 0.4) is 0 Å². The molecule has 0 atom stereocenters. The largest absolute Gasteiger partial charge is 0.310 e. The van der Waals surface area contributed by atoms with Crippen LogP contribution >= 0.6 is 11.3 Å². The molecule has 1 nitrogen and oxygen atoms in total. The molecule has 0 aliphatic heterocycles. The topological polar surface area (TPSA) is 3.24 Å². The maximum Gasteiger partial charge on any atom is 0.0546 e. The lowest BCUT2D eigenvalue weighted by Crippen LogP contribution is -2.12. The summed E-state index contributed by atoms with van der Waals surface area (Å²) >= 11 is 1.86. The van der Waals surface area contributed by atoms with Gasteiger partial charge in [0.05, 0.1) is 5.69 Å². The second-order valence-corrected chi connectivity index (χ2v) is 15.9. The summed E-state index contributed by atoms with van der Waals surface area (Å²) in [6, 6.07) is 82.1. The Morgan fingerprint density at radius 1 is 0.293 bits per heavy atom. The summed E-state index contributed by atoms with van der Waals surface area (Å²) in [5.41, 5.74) is 12.9. The molecule has 11 aromatic rings. The van der Waals surface area contributed by atoms with Crippen LogP contribution in [0.5, 0.6) is 0 Å². The zero-order chi connectivity index (χ0) is 38.4. The van der Waals surface area contributed by atoms with Gasteiger partial charge in [0.2, 0.25) is 0 Å². The fourth-order valence-electron chi connectivity index (χ4n) is 8.71. The Balaban J connectivity index is 1.13. The van der Waals surface area contributed by atoms with E-state index in [1.807, 2.05) is 11.3 Å². The molecule has 0 radical (unpaired) electrons. The summed E-state index contributed by atoms with van der Waals surface area (Å²) < 4.78 is 2.64. The smallest absolute Gasteiger partial charge is 0.0546 e. The summed E-state index contributed by atoms with van der Waals surface area (Å²) in [7, 11) is 0. The van der Waals surface area contributed by atoms with E-state index >= 15 is 0 Å². The van der Waals surface area contributed by atoms with E-state index in [0.29, 0.717) is 0 Å². The lowest BCUT2D eigenvalue weighted by Gasteiger charge is -2.30. The van der Waals surface area contributed by atoms with Crippen LogP contribution in [0, 0.1) is 0 Å². The van der Waals surface area contributed by atoms with Crippen LogP contribution in [-0.4, -0.2) is 0 Å². The number of fused-ring (bicyclic) bond motifs is 6. The van der Waals surface area contributed by atoms with Gasteiger partial charge in [-0.05, 0) is 103 Å². The molecular weight excluding hydrogens is 719 g/mol. The highest BCUT2D eigenvalue weighted by Crippen LogP contribution is 2.49. The van der Waals surface area contributed by atoms with E-state index in [2.05, 4.69) is 229 Å². The van der Waals surface area contributed by atoms with Gasteiger partial charge in [-0.15, -0.1) is 11.3 Å². The van der Waals surface area contributed by atoms with Crippen molar-refractivity contribution in [1.82, 2.24) is 0 Å². The van der Waals surface area contributed by atoms with E-state index in [1.54, 1.807) is 0 Å². The Bertz CT molecular complexity index is 3270. The summed E-state index contributed by atoms with van der Waals surface area (Å²) in [5, 5.41) is 7.62. The summed E-state index contributed by atoms with van der Waals surface area (Å²) in [5.74, 6) is 0. The highest BCUT2D eigenvalue weighted by Gasteiger charge is 2.23. The summed E-state index contributed by atoms with van der Waals surface area (Å²) in [4.78, 5) is 2.46. The van der Waals surface area contributed by atoms with E-state index in [9.17, 15) is 0 Å². The second kappa shape index (κ2) is 14.4. The van der Waals surface area contributed by atoms with Gasteiger partial charge >= 0.3 is 0 Å². The molecule has 11 rings (SSSR count). The van der Waals surface area contributed by atoms with Gasteiger partial charge in [-0.3, -0.25) is 0 Å². The molecule has 0 fully saturated rings. The normalized spacial score (nSPS) is 11.4. The SMILES string of the molecule is c1ccc(-c2ccccc2-c2c(-c3ccccc3)cccc2N(c2ccc(-c3ccc4c(c3)sc3ccccc34)cc2)c2ccc3c(ccc4ccccc43)c2)cc1. The quantitative estimate of drug-likeness (QED) is 0.146. The van der Waals surface area contributed by atoms with Crippen LogP contribution in [0.4, 0.5) is 17.1 Å². The maximum absolute atomic E-state index is 2.46. The van der Waals surface area contributed by atoms with Crippen LogP contribution in [0.1, 0.15) is 0 Å². The van der Waals surface area contributed by atoms with E-state index < -0.39 is 0 Å².